The van der Waals surface area contributed by atoms with Gasteiger partial charge in [-0.2, -0.15) is 0 Å². The molecule has 2 atom stereocenters. The second-order valence-corrected chi connectivity index (χ2v) is 5.83. The van der Waals surface area contributed by atoms with Gasteiger partial charge in [0.25, 0.3) is 0 Å². The molecule has 1 aromatic carbocycles. The minimum absolute atomic E-state index is 0.0567. The first-order chi connectivity index (χ1) is 8.43. The summed E-state index contributed by atoms with van der Waals surface area (Å²) in [4.78, 5) is 0. The van der Waals surface area contributed by atoms with Crippen LogP contribution in [0.4, 0.5) is 0 Å². The molecule has 2 heteroatoms. The molecule has 0 amide bonds. The molecule has 102 valence electrons. The van der Waals surface area contributed by atoms with Gasteiger partial charge in [0.15, 0.2) is 0 Å². The number of nitrogens with one attached hydrogen (secondary N) is 1. The summed E-state index contributed by atoms with van der Waals surface area (Å²) in [6, 6.07) is 11.6. The first-order valence-electron chi connectivity index (χ1n) is 6.78. The number of rotatable bonds is 7. The van der Waals surface area contributed by atoms with Gasteiger partial charge in [-0.25, -0.2) is 0 Å². The van der Waals surface area contributed by atoms with Gasteiger partial charge in [0, 0.05) is 19.2 Å². The van der Waals surface area contributed by atoms with E-state index >= 15 is 0 Å². The Bertz CT molecular complexity index is 334. The lowest BCUT2D eigenvalue weighted by Crippen LogP contribution is -2.40. The van der Waals surface area contributed by atoms with Gasteiger partial charge in [0.1, 0.15) is 0 Å². The van der Waals surface area contributed by atoms with Crippen molar-refractivity contribution in [3.63, 3.8) is 0 Å². The van der Waals surface area contributed by atoms with Gasteiger partial charge in [-0.3, -0.25) is 0 Å². The average Bonchev–Trinajstić information content (AvgIpc) is 2.29. The zero-order valence-electron chi connectivity index (χ0n) is 12.4. The summed E-state index contributed by atoms with van der Waals surface area (Å²) < 4.78 is 5.47. The molecule has 0 aromatic heterocycles. The van der Waals surface area contributed by atoms with Crippen LogP contribution in [0.1, 0.15) is 39.7 Å². The number of benzene rings is 1. The molecule has 0 saturated heterocycles. The minimum Gasteiger partial charge on any atom is -0.379 e. The average molecular weight is 249 g/mol. The van der Waals surface area contributed by atoms with Gasteiger partial charge < -0.3 is 10.1 Å². The highest BCUT2D eigenvalue weighted by molar-refractivity contribution is 5.15. The third-order valence-electron chi connectivity index (χ3n) is 3.30. The highest BCUT2D eigenvalue weighted by atomic mass is 16.5. The molecule has 0 aliphatic heterocycles. The van der Waals surface area contributed by atoms with E-state index in [-0.39, 0.29) is 5.60 Å². The molecule has 0 spiro atoms. The Morgan fingerprint density at radius 2 is 1.72 bits per heavy atom. The first-order valence-corrected chi connectivity index (χ1v) is 6.78. The molecule has 1 rings (SSSR count). The number of hydrogen-bond acceptors (Lipinski definition) is 2. The molecule has 1 aromatic rings. The summed E-state index contributed by atoms with van der Waals surface area (Å²) in [7, 11) is 1.78. The van der Waals surface area contributed by atoms with Crippen molar-refractivity contribution in [3.8, 4) is 0 Å². The van der Waals surface area contributed by atoms with Gasteiger partial charge in [-0.1, -0.05) is 30.3 Å². The Hall–Kier alpha value is -0.860. The number of methoxy groups -OCH3 is 1. The summed E-state index contributed by atoms with van der Waals surface area (Å²) in [5.41, 5.74) is 1.33. The van der Waals surface area contributed by atoms with Crippen LogP contribution in [-0.4, -0.2) is 24.8 Å². The van der Waals surface area contributed by atoms with E-state index in [2.05, 4.69) is 63.3 Å². The molecule has 0 heterocycles. The Morgan fingerprint density at radius 3 is 2.28 bits per heavy atom. The van der Waals surface area contributed by atoms with E-state index in [1.807, 2.05) is 0 Å². The normalized spacial score (nSPS) is 15.4. The van der Waals surface area contributed by atoms with Crippen LogP contribution >= 0.6 is 0 Å². The summed E-state index contributed by atoms with van der Waals surface area (Å²) >= 11 is 0. The van der Waals surface area contributed by atoms with E-state index < -0.39 is 0 Å². The summed E-state index contributed by atoms with van der Waals surface area (Å²) in [6.45, 7) is 8.73. The van der Waals surface area contributed by atoms with Crippen molar-refractivity contribution in [3.05, 3.63) is 35.9 Å². The molecule has 0 fully saturated rings. The van der Waals surface area contributed by atoms with E-state index in [9.17, 15) is 0 Å². The maximum Gasteiger partial charge on any atom is 0.0637 e. The molecular formula is C16H27NO. The molecule has 18 heavy (non-hydrogen) atoms. The predicted octanol–water partition coefficient (Wildman–Crippen LogP) is 3.41. The third kappa shape index (κ3) is 5.65. The van der Waals surface area contributed by atoms with Crippen LogP contribution in [0.2, 0.25) is 0 Å². The minimum atomic E-state index is -0.0567. The van der Waals surface area contributed by atoms with Crippen molar-refractivity contribution >= 4 is 0 Å². The SMILES string of the molecule is COC(C)(C)CC(C)NC(C)Cc1ccccc1. The molecule has 0 aliphatic rings. The lowest BCUT2D eigenvalue weighted by Gasteiger charge is -2.29. The number of ether oxygens (including phenoxy) is 1. The van der Waals surface area contributed by atoms with Gasteiger partial charge in [-0.05, 0) is 46.1 Å². The molecule has 2 unspecified atom stereocenters. The molecule has 2 nitrogen and oxygen atoms in total. The van der Waals surface area contributed by atoms with Crippen LogP contribution in [-0.2, 0) is 11.2 Å². The third-order valence-corrected chi connectivity index (χ3v) is 3.30. The van der Waals surface area contributed by atoms with Crippen molar-refractivity contribution in [1.82, 2.24) is 5.32 Å². The maximum atomic E-state index is 5.47. The summed E-state index contributed by atoms with van der Waals surface area (Å²) in [5, 5.41) is 3.64. The van der Waals surface area contributed by atoms with E-state index in [4.69, 9.17) is 4.74 Å². The lowest BCUT2D eigenvalue weighted by atomic mass is 9.98. The smallest absolute Gasteiger partial charge is 0.0637 e. The second-order valence-electron chi connectivity index (χ2n) is 5.83. The topological polar surface area (TPSA) is 21.3 Å². The van der Waals surface area contributed by atoms with E-state index in [1.54, 1.807) is 7.11 Å². The molecule has 0 radical (unpaired) electrons. The largest absolute Gasteiger partial charge is 0.379 e. The van der Waals surface area contributed by atoms with Gasteiger partial charge in [0.05, 0.1) is 5.60 Å². The van der Waals surface area contributed by atoms with E-state index in [0.29, 0.717) is 12.1 Å². The van der Waals surface area contributed by atoms with Crippen LogP contribution < -0.4 is 5.32 Å². The van der Waals surface area contributed by atoms with Crippen LogP contribution in [0, 0.1) is 0 Å². The fraction of sp³-hybridized carbons (Fsp3) is 0.625. The molecule has 0 aliphatic carbocycles. The Balaban J connectivity index is 2.38. The Kier molecular flexibility index (Phi) is 5.83. The van der Waals surface area contributed by atoms with Crippen LogP contribution in [0.3, 0.4) is 0 Å². The van der Waals surface area contributed by atoms with Crippen molar-refractivity contribution in [2.45, 2.75) is 58.2 Å². The summed E-state index contributed by atoms with van der Waals surface area (Å²) in [5.74, 6) is 0. The highest BCUT2D eigenvalue weighted by Crippen LogP contribution is 2.16. The predicted molar refractivity (Wildman–Crippen MR) is 77.9 cm³/mol. The fourth-order valence-corrected chi connectivity index (χ4v) is 2.39. The second kappa shape index (κ2) is 6.91. The zero-order chi connectivity index (χ0) is 13.6. The molecule has 1 N–H and O–H groups in total. The number of hydrogen-bond donors (Lipinski definition) is 1. The Labute approximate surface area is 112 Å². The molecule has 0 bridgehead atoms. The summed E-state index contributed by atoms with van der Waals surface area (Å²) in [6.07, 6.45) is 2.08. The van der Waals surface area contributed by atoms with Crippen LogP contribution in [0.5, 0.6) is 0 Å². The van der Waals surface area contributed by atoms with Crippen molar-refractivity contribution in [2.24, 2.45) is 0 Å². The monoisotopic (exact) mass is 249 g/mol. The van der Waals surface area contributed by atoms with E-state index in [0.717, 1.165) is 12.8 Å². The van der Waals surface area contributed by atoms with Gasteiger partial charge in [0.2, 0.25) is 0 Å². The Morgan fingerprint density at radius 1 is 1.11 bits per heavy atom. The standard InChI is InChI=1S/C16H27NO/c1-13(11-15-9-7-6-8-10-15)17-14(2)12-16(3,4)18-5/h6-10,13-14,17H,11-12H2,1-5H3. The van der Waals surface area contributed by atoms with Crippen LogP contribution in [0.25, 0.3) is 0 Å². The van der Waals surface area contributed by atoms with Crippen molar-refractivity contribution < 1.29 is 4.74 Å². The van der Waals surface area contributed by atoms with Gasteiger partial charge >= 0.3 is 0 Å². The van der Waals surface area contributed by atoms with Crippen molar-refractivity contribution in [1.29, 1.82) is 0 Å². The fourth-order valence-electron chi connectivity index (χ4n) is 2.39. The van der Waals surface area contributed by atoms with Crippen LogP contribution in [0.15, 0.2) is 30.3 Å². The first kappa shape index (κ1) is 15.2. The molecule has 0 saturated carbocycles. The lowest BCUT2D eigenvalue weighted by molar-refractivity contribution is 0.00786. The molecular weight excluding hydrogens is 222 g/mol. The quantitative estimate of drug-likeness (QED) is 0.799. The van der Waals surface area contributed by atoms with Crippen molar-refractivity contribution in [2.75, 3.05) is 7.11 Å². The van der Waals surface area contributed by atoms with Gasteiger partial charge in [-0.15, -0.1) is 0 Å². The zero-order valence-corrected chi connectivity index (χ0v) is 12.4. The highest BCUT2D eigenvalue weighted by Gasteiger charge is 2.20. The van der Waals surface area contributed by atoms with E-state index in [1.165, 1.54) is 5.56 Å². The maximum absolute atomic E-state index is 5.47.